The summed E-state index contributed by atoms with van der Waals surface area (Å²) in [7, 11) is -10.9. The second kappa shape index (κ2) is 18.8. The van der Waals surface area contributed by atoms with Gasteiger partial charge in [-0.15, -0.1) is 0 Å². The maximum atomic E-state index is 15.1. The Bertz CT molecular complexity index is 3290. The number of ketones is 2. The molecule has 0 unspecified atom stereocenters. The molecule has 6 rings (SSSR count). The molecular formula is C42H26F8O14S3. The van der Waals surface area contributed by atoms with Crippen LogP contribution in [0.1, 0.15) is 37.4 Å². The maximum Gasteiger partial charge on any atom is 0.300 e. The second-order valence-corrected chi connectivity index (χ2v) is 18.6. The Morgan fingerprint density at radius 3 is 1.37 bits per heavy atom. The maximum absolute atomic E-state index is 15.1. The quantitative estimate of drug-likeness (QED) is 0.0318. The van der Waals surface area contributed by atoms with Crippen molar-refractivity contribution in [2.24, 2.45) is 0 Å². The van der Waals surface area contributed by atoms with Gasteiger partial charge in [-0.2, -0.15) is 34.4 Å². The number of halogens is 8. The van der Waals surface area contributed by atoms with Crippen molar-refractivity contribution in [2.75, 3.05) is 21.3 Å². The zero-order chi connectivity index (χ0) is 49.5. The van der Waals surface area contributed by atoms with Crippen molar-refractivity contribution >= 4 is 41.6 Å². The van der Waals surface area contributed by atoms with E-state index in [9.17, 15) is 57.0 Å². The molecule has 0 aliphatic carbocycles. The fourth-order valence-corrected chi connectivity index (χ4v) is 8.90. The molecule has 0 aliphatic heterocycles. The molecule has 0 heterocycles. The van der Waals surface area contributed by atoms with E-state index in [0.29, 0.717) is 7.11 Å². The van der Waals surface area contributed by atoms with Gasteiger partial charge in [-0.1, -0.05) is 0 Å². The van der Waals surface area contributed by atoms with Crippen LogP contribution in [0, 0.1) is 46.5 Å². The highest BCUT2D eigenvalue weighted by atomic mass is 32.2. The lowest BCUT2D eigenvalue weighted by atomic mass is 9.99. The summed E-state index contributed by atoms with van der Waals surface area (Å²) in [5.41, 5.74) is -5.16. The lowest BCUT2D eigenvalue weighted by Gasteiger charge is -2.14. The average molecular weight is 1000 g/mol. The predicted molar refractivity (Wildman–Crippen MR) is 213 cm³/mol. The third-order valence-electron chi connectivity index (χ3n) is 9.40. The van der Waals surface area contributed by atoms with E-state index in [4.69, 9.17) is 14.2 Å². The summed E-state index contributed by atoms with van der Waals surface area (Å²) < 4.78 is 227. The summed E-state index contributed by atoms with van der Waals surface area (Å²) in [4.78, 5) is 24.8. The smallest absolute Gasteiger partial charge is 0.300 e. The van der Waals surface area contributed by atoms with Crippen LogP contribution in [0.5, 0.6) is 34.5 Å². The fraction of sp³-hybridized carbons (Fsp3) is 0.0952. The van der Waals surface area contributed by atoms with Gasteiger partial charge in [0.2, 0.25) is 44.6 Å². The molecule has 6 aromatic rings. The van der Waals surface area contributed by atoms with Crippen molar-refractivity contribution < 1.29 is 97.6 Å². The molecule has 0 aromatic heterocycles. The Labute approximate surface area is 373 Å². The number of hydrogen-bond donors (Lipinski definition) is 1. The van der Waals surface area contributed by atoms with Gasteiger partial charge in [0.1, 0.15) is 44.8 Å². The van der Waals surface area contributed by atoms with Crippen molar-refractivity contribution in [1.82, 2.24) is 0 Å². The molecule has 0 atom stereocenters. The molecule has 0 spiro atoms. The lowest BCUT2D eigenvalue weighted by Crippen LogP contribution is -2.18. The lowest BCUT2D eigenvalue weighted by molar-refractivity contribution is 0.101. The van der Waals surface area contributed by atoms with E-state index >= 15 is 17.6 Å². The summed E-state index contributed by atoms with van der Waals surface area (Å²) in [5, 5.41) is 0. The highest BCUT2D eigenvalue weighted by molar-refractivity contribution is 7.91. The molecular weight excluding hydrogens is 977 g/mol. The molecule has 67 heavy (non-hydrogen) atoms. The largest absolute Gasteiger partial charge is 0.495 e. The third-order valence-corrected chi connectivity index (χ3v) is 13.2. The number of sulfone groups is 1. The minimum Gasteiger partial charge on any atom is -0.495 e. The Morgan fingerprint density at radius 1 is 0.507 bits per heavy atom. The first-order chi connectivity index (χ1) is 31.4. The molecule has 0 bridgehead atoms. The minimum absolute atomic E-state index is 0.0993. The standard InChI is InChI=1S/C42H26F8O14S3/c1-60-27-15-5-20(17-28(27)67(58,59)62-3)39(51)19-4-14-26(21(16-19)18-65(53,54)55)63-22-6-10-24(11-7-22)66(56,57)25-12-8-23(9-13-25)64-42-37(49)33(45)30(34(46)38(42)50)40(52)29-31(43)35(47)41(61-2)36(48)32(29)44/h4-17H,18H2,1-3H3,(H,53,54,55). The van der Waals surface area contributed by atoms with E-state index in [1.54, 1.807) is 0 Å². The van der Waals surface area contributed by atoms with Crippen LogP contribution in [0.3, 0.4) is 0 Å². The Morgan fingerprint density at radius 2 is 0.940 bits per heavy atom. The number of ether oxygens (including phenoxy) is 4. The minimum atomic E-state index is -4.77. The van der Waals surface area contributed by atoms with Crippen LogP contribution in [0.4, 0.5) is 35.1 Å². The summed E-state index contributed by atoms with van der Waals surface area (Å²) in [5.74, 6) is -28.7. The fourth-order valence-electron chi connectivity index (χ4n) is 6.17. The van der Waals surface area contributed by atoms with Gasteiger partial charge in [-0.25, -0.2) is 26.0 Å². The number of rotatable bonds is 16. The van der Waals surface area contributed by atoms with E-state index < -0.39 is 137 Å². The van der Waals surface area contributed by atoms with Crippen LogP contribution in [0.2, 0.25) is 0 Å². The monoisotopic (exact) mass is 1000 g/mol. The molecule has 0 radical (unpaired) electrons. The van der Waals surface area contributed by atoms with Gasteiger partial charge in [-0.05, 0) is 84.9 Å². The molecule has 1 N–H and O–H groups in total. The van der Waals surface area contributed by atoms with Crippen LogP contribution in [0.25, 0.3) is 0 Å². The van der Waals surface area contributed by atoms with Crippen LogP contribution < -0.4 is 18.9 Å². The highest BCUT2D eigenvalue weighted by Crippen LogP contribution is 2.38. The number of carbonyl (C=O) groups excluding carboxylic acids is 2. The number of hydrogen-bond acceptors (Lipinski definition) is 13. The third kappa shape index (κ3) is 9.67. The van der Waals surface area contributed by atoms with Gasteiger partial charge in [0, 0.05) is 16.7 Å². The Kier molecular flexibility index (Phi) is 13.9. The van der Waals surface area contributed by atoms with Crippen LogP contribution in [0.15, 0.2) is 99.6 Å². The van der Waals surface area contributed by atoms with Crippen LogP contribution >= 0.6 is 0 Å². The average Bonchev–Trinajstić information content (AvgIpc) is 3.29. The SMILES string of the molecule is COc1ccc(C(=O)c2ccc(Oc3ccc(S(=O)(=O)c4ccc(Oc5c(F)c(F)c(C(=O)c6c(F)c(F)c(OC)c(F)c6F)c(F)c5F)cc4)cc3)c(CS(=O)(=O)O)c2)cc1S(=O)(=O)OC. The van der Waals surface area contributed by atoms with Gasteiger partial charge < -0.3 is 18.9 Å². The van der Waals surface area contributed by atoms with Gasteiger partial charge in [0.15, 0.2) is 34.8 Å². The van der Waals surface area contributed by atoms with Gasteiger partial charge in [0.05, 0.1) is 31.1 Å². The van der Waals surface area contributed by atoms with E-state index in [0.717, 1.165) is 73.8 Å². The Hall–Kier alpha value is -6.93. The first kappa shape index (κ1) is 49.5. The molecule has 6 aromatic carbocycles. The predicted octanol–water partition coefficient (Wildman–Crippen LogP) is 8.42. The first-order valence-electron chi connectivity index (χ1n) is 18.1. The Balaban J connectivity index is 1.22. The van der Waals surface area contributed by atoms with Gasteiger partial charge >= 0.3 is 0 Å². The molecule has 0 amide bonds. The topological polar surface area (TPSA) is 203 Å². The highest BCUT2D eigenvalue weighted by Gasteiger charge is 2.37. The summed E-state index contributed by atoms with van der Waals surface area (Å²) in [6, 6.07) is 14.4. The summed E-state index contributed by atoms with van der Waals surface area (Å²) >= 11 is 0. The van der Waals surface area contributed by atoms with E-state index in [1.165, 1.54) is 25.3 Å². The molecule has 352 valence electrons. The second-order valence-electron chi connectivity index (χ2n) is 13.5. The van der Waals surface area contributed by atoms with Crippen molar-refractivity contribution in [3.63, 3.8) is 0 Å². The molecule has 0 saturated carbocycles. The zero-order valence-corrected chi connectivity index (χ0v) is 36.2. The molecule has 0 fully saturated rings. The van der Waals surface area contributed by atoms with Crippen molar-refractivity contribution in [2.45, 2.75) is 20.4 Å². The van der Waals surface area contributed by atoms with Gasteiger partial charge in [0.25, 0.3) is 20.2 Å². The summed E-state index contributed by atoms with van der Waals surface area (Å²) in [6.45, 7) is 0. The normalized spacial score (nSPS) is 11.9. The molecule has 14 nitrogen and oxygen atoms in total. The molecule has 0 saturated heterocycles. The number of carbonyl (C=O) groups is 2. The molecule has 25 heteroatoms. The molecule has 0 aliphatic rings. The zero-order valence-electron chi connectivity index (χ0n) is 33.8. The number of methoxy groups -OCH3 is 2. The van der Waals surface area contributed by atoms with Crippen LogP contribution in [-0.4, -0.2) is 62.7 Å². The van der Waals surface area contributed by atoms with Crippen molar-refractivity contribution in [1.29, 1.82) is 0 Å². The van der Waals surface area contributed by atoms with E-state index in [2.05, 4.69) is 8.92 Å². The van der Waals surface area contributed by atoms with Crippen LogP contribution in [-0.2, 0) is 40.0 Å². The van der Waals surface area contributed by atoms with E-state index in [1.807, 2.05) is 0 Å². The van der Waals surface area contributed by atoms with E-state index in [-0.39, 0.29) is 33.9 Å². The number of benzene rings is 6. The first-order valence-corrected chi connectivity index (χ1v) is 22.6. The van der Waals surface area contributed by atoms with Crippen molar-refractivity contribution in [3.05, 3.63) is 159 Å². The van der Waals surface area contributed by atoms with Gasteiger partial charge in [-0.3, -0.25) is 18.3 Å². The van der Waals surface area contributed by atoms with Crippen molar-refractivity contribution in [3.8, 4) is 34.5 Å². The summed E-state index contributed by atoms with van der Waals surface area (Å²) in [6.07, 6.45) is 0.